The number of hydrogen-bond acceptors (Lipinski definition) is 3. The summed E-state index contributed by atoms with van der Waals surface area (Å²) in [5.74, 6) is -0.190. The van der Waals surface area contributed by atoms with Crippen LogP contribution in [-0.4, -0.2) is 16.7 Å². The first-order valence-electron chi connectivity index (χ1n) is 5.96. The molecule has 0 fully saturated rings. The molecule has 102 valence electrons. The van der Waals surface area contributed by atoms with Crippen molar-refractivity contribution in [3.63, 3.8) is 0 Å². The highest BCUT2D eigenvalue weighted by Gasteiger charge is 2.05. The van der Waals surface area contributed by atoms with Gasteiger partial charge in [0, 0.05) is 16.1 Å². The molecule has 0 aromatic heterocycles. The zero-order valence-electron chi connectivity index (χ0n) is 10.8. The summed E-state index contributed by atoms with van der Waals surface area (Å²) in [7, 11) is 0. The van der Waals surface area contributed by atoms with Gasteiger partial charge in [0.1, 0.15) is 5.75 Å². The second kappa shape index (κ2) is 6.21. The van der Waals surface area contributed by atoms with Crippen LogP contribution in [0.4, 0.5) is 0 Å². The summed E-state index contributed by atoms with van der Waals surface area (Å²) in [5, 5.41) is 13.9. The van der Waals surface area contributed by atoms with Crippen LogP contribution in [0.15, 0.2) is 53.6 Å². The number of rotatable bonds is 3. The van der Waals surface area contributed by atoms with E-state index < -0.39 is 0 Å². The van der Waals surface area contributed by atoms with E-state index in [-0.39, 0.29) is 11.7 Å². The largest absolute Gasteiger partial charge is 0.508 e. The van der Waals surface area contributed by atoms with E-state index in [1.807, 2.05) is 0 Å². The van der Waals surface area contributed by atoms with Crippen LogP contribution in [-0.2, 0) is 0 Å². The molecule has 0 heterocycles. The van der Waals surface area contributed by atoms with Crippen LogP contribution in [0.1, 0.15) is 22.8 Å². The van der Waals surface area contributed by atoms with E-state index in [9.17, 15) is 9.90 Å². The van der Waals surface area contributed by atoms with Gasteiger partial charge in [-0.25, -0.2) is 5.43 Å². The smallest absolute Gasteiger partial charge is 0.271 e. The summed E-state index contributed by atoms with van der Waals surface area (Å²) < 4.78 is 0. The van der Waals surface area contributed by atoms with Gasteiger partial charge in [0.05, 0.1) is 5.71 Å². The Labute approximate surface area is 121 Å². The van der Waals surface area contributed by atoms with Crippen LogP contribution in [0.5, 0.6) is 5.75 Å². The number of nitrogens with zero attached hydrogens (tertiary/aromatic N) is 1. The minimum absolute atomic E-state index is 0.151. The van der Waals surface area contributed by atoms with Crippen molar-refractivity contribution in [1.82, 2.24) is 5.43 Å². The molecule has 0 radical (unpaired) electrons. The zero-order chi connectivity index (χ0) is 14.5. The molecule has 0 aliphatic heterocycles. The van der Waals surface area contributed by atoms with Crippen molar-refractivity contribution < 1.29 is 9.90 Å². The summed E-state index contributed by atoms with van der Waals surface area (Å²) in [6.07, 6.45) is 0. The molecule has 0 atom stereocenters. The summed E-state index contributed by atoms with van der Waals surface area (Å²) >= 11 is 5.82. The second-order valence-corrected chi connectivity index (χ2v) is 4.64. The first kappa shape index (κ1) is 14.1. The van der Waals surface area contributed by atoms with Gasteiger partial charge in [0.15, 0.2) is 0 Å². The summed E-state index contributed by atoms with van der Waals surface area (Å²) in [5.41, 5.74) is 4.21. The Bertz CT molecular complexity index is 668. The van der Waals surface area contributed by atoms with E-state index in [4.69, 9.17) is 11.6 Å². The van der Waals surface area contributed by atoms with E-state index in [0.29, 0.717) is 16.3 Å². The number of nitrogens with one attached hydrogen (secondary N) is 1. The molecule has 4 nitrogen and oxygen atoms in total. The predicted octanol–water partition coefficient (Wildman–Crippen LogP) is 3.20. The lowest BCUT2D eigenvalue weighted by Gasteiger charge is -2.04. The van der Waals surface area contributed by atoms with Gasteiger partial charge in [0.25, 0.3) is 5.91 Å². The molecular formula is C15H13ClN2O2. The molecule has 0 bridgehead atoms. The Morgan fingerprint density at radius 1 is 1.15 bits per heavy atom. The van der Waals surface area contributed by atoms with E-state index in [1.165, 1.54) is 0 Å². The lowest BCUT2D eigenvalue weighted by atomic mass is 10.1. The lowest BCUT2D eigenvalue weighted by Crippen LogP contribution is -2.19. The van der Waals surface area contributed by atoms with Crippen molar-refractivity contribution in [2.24, 2.45) is 5.10 Å². The van der Waals surface area contributed by atoms with Crippen LogP contribution in [0.25, 0.3) is 0 Å². The third-order valence-electron chi connectivity index (χ3n) is 2.68. The zero-order valence-corrected chi connectivity index (χ0v) is 11.6. The van der Waals surface area contributed by atoms with E-state index in [1.54, 1.807) is 55.5 Å². The maximum Gasteiger partial charge on any atom is 0.271 e. The van der Waals surface area contributed by atoms with Gasteiger partial charge >= 0.3 is 0 Å². The quantitative estimate of drug-likeness (QED) is 0.673. The van der Waals surface area contributed by atoms with Crippen molar-refractivity contribution in [3.05, 3.63) is 64.7 Å². The topological polar surface area (TPSA) is 61.7 Å². The minimum atomic E-state index is -0.341. The molecule has 5 heteroatoms. The number of hydrogen-bond donors (Lipinski definition) is 2. The fourth-order valence-corrected chi connectivity index (χ4v) is 1.81. The highest BCUT2D eigenvalue weighted by atomic mass is 35.5. The monoisotopic (exact) mass is 288 g/mol. The van der Waals surface area contributed by atoms with Gasteiger partial charge in [-0.2, -0.15) is 5.10 Å². The number of hydrazone groups is 1. The molecule has 20 heavy (non-hydrogen) atoms. The van der Waals surface area contributed by atoms with E-state index in [0.717, 1.165) is 5.56 Å². The number of amides is 1. The highest BCUT2D eigenvalue weighted by molar-refractivity contribution is 6.30. The standard InChI is InChI=1S/C15H13ClN2O2/c1-10(11-4-3-7-14(19)9-11)17-18-15(20)12-5-2-6-13(16)8-12/h2-9,19H,1H3,(H,18,20). The Morgan fingerprint density at radius 3 is 2.55 bits per heavy atom. The molecule has 0 saturated heterocycles. The molecule has 0 aliphatic carbocycles. The summed E-state index contributed by atoms with van der Waals surface area (Å²) in [4.78, 5) is 11.9. The molecule has 0 aliphatic rings. The predicted molar refractivity (Wildman–Crippen MR) is 79.2 cm³/mol. The highest BCUT2D eigenvalue weighted by Crippen LogP contribution is 2.12. The Balaban J connectivity index is 2.11. The van der Waals surface area contributed by atoms with Gasteiger partial charge in [-0.1, -0.05) is 29.8 Å². The van der Waals surface area contributed by atoms with E-state index in [2.05, 4.69) is 10.5 Å². The van der Waals surface area contributed by atoms with Crippen LogP contribution >= 0.6 is 11.6 Å². The van der Waals surface area contributed by atoms with Crippen LogP contribution < -0.4 is 5.43 Å². The Morgan fingerprint density at radius 2 is 1.85 bits per heavy atom. The summed E-state index contributed by atoms with van der Waals surface area (Å²) in [6.45, 7) is 1.74. The first-order chi connectivity index (χ1) is 9.56. The van der Waals surface area contributed by atoms with Crippen molar-refractivity contribution >= 4 is 23.2 Å². The van der Waals surface area contributed by atoms with E-state index >= 15 is 0 Å². The number of carbonyl (C=O) groups excluding carboxylic acids is 1. The molecule has 0 spiro atoms. The number of benzene rings is 2. The lowest BCUT2D eigenvalue weighted by molar-refractivity contribution is 0.0955. The summed E-state index contributed by atoms with van der Waals surface area (Å²) in [6, 6.07) is 13.3. The van der Waals surface area contributed by atoms with Gasteiger partial charge in [-0.3, -0.25) is 4.79 Å². The third-order valence-corrected chi connectivity index (χ3v) is 2.91. The van der Waals surface area contributed by atoms with Crippen molar-refractivity contribution in [3.8, 4) is 5.75 Å². The fourth-order valence-electron chi connectivity index (χ4n) is 1.62. The van der Waals surface area contributed by atoms with Crippen LogP contribution in [0, 0.1) is 0 Å². The second-order valence-electron chi connectivity index (χ2n) is 4.20. The third kappa shape index (κ3) is 3.59. The Kier molecular flexibility index (Phi) is 4.38. The van der Waals surface area contributed by atoms with Crippen molar-refractivity contribution in [2.75, 3.05) is 0 Å². The maximum absolute atomic E-state index is 11.9. The molecule has 2 aromatic rings. The maximum atomic E-state index is 11.9. The fraction of sp³-hybridized carbons (Fsp3) is 0.0667. The van der Waals surface area contributed by atoms with Crippen molar-refractivity contribution in [2.45, 2.75) is 6.92 Å². The van der Waals surface area contributed by atoms with Gasteiger partial charge < -0.3 is 5.11 Å². The van der Waals surface area contributed by atoms with Gasteiger partial charge in [-0.05, 0) is 37.3 Å². The number of carbonyl (C=O) groups is 1. The average molecular weight is 289 g/mol. The molecule has 1 amide bonds. The van der Waals surface area contributed by atoms with Crippen molar-refractivity contribution in [1.29, 1.82) is 0 Å². The number of aromatic hydroxyl groups is 1. The SMILES string of the molecule is CC(=NNC(=O)c1cccc(Cl)c1)c1cccc(O)c1. The van der Waals surface area contributed by atoms with Crippen LogP contribution in [0.2, 0.25) is 5.02 Å². The van der Waals surface area contributed by atoms with Crippen LogP contribution in [0.3, 0.4) is 0 Å². The number of phenols is 1. The van der Waals surface area contributed by atoms with Gasteiger partial charge in [-0.15, -0.1) is 0 Å². The Hall–Kier alpha value is -2.33. The number of phenolic OH excluding ortho intramolecular Hbond substituents is 1. The molecular weight excluding hydrogens is 276 g/mol. The molecule has 2 aromatic carbocycles. The minimum Gasteiger partial charge on any atom is -0.508 e. The average Bonchev–Trinajstić information content (AvgIpc) is 2.44. The first-order valence-corrected chi connectivity index (χ1v) is 6.33. The molecule has 0 saturated carbocycles. The molecule has 0 unspecified atom stereocenters. The normalized spacial score (nSPS) is 11.2. The van der Waals surface area contributed by atoms with Gasteiger partial charge in [0.2, 0.25) is 0 Å². The molecule has 2 rings (SSSR count). The molecule has 2 N–H and O–H groups in total. The number of halogens is 1.